The van der Waals surface area contributed by atoms with Crippen molar-refractivity contribution < 1.29 is 23.5 Å². The standard InChI is InChI=1S/C47H47N5O5/c53-45(24-28-48-34-40-19-12-32-56-40)49-37-17-11-18-38(33-37)50-46(54)27-31-51-29-25-39(26-30-51)57-47(55)52(43-22-9-7-20-41(43)35-13-3-1-4-14-35)44-23-10-8-21-42(44)36-15-5-2-6-16-36/h1-23,32-33,39,48H,24-31,34H2,(H,49,53)(H,50,54). The Morgan fingerprint density at radius 3 is 1.79 bits per heavy atom. The summed E-state index contributed by atoms with van der Waals surface area (Å²) in [5.74, 6) is 0.579. The zero-order valence-electron chi connectivity index (χ0n) is 31.8. The second-order valence-electron chi connectivity index (χ2n) is 14.0. The molecule has 0 bridgehead atoms. The molecule has 1 aliphatic heterocycles. The first kappa shape index (κ1) is 38.8. The van der Waals surface area contributed by atoms with Gasteiger partial charge in [-0.25, -0.2) is 9.69 Å². The SMILES string of the molecule is O=C(CCNCc1ccco1)Nc1cccc(NC(=O)CCN2CCC(OC(=O)N(c3ccccc3-c3ccccc3)c3ccccc3-c3ccccc3)CC2)c1. The molecule has 0 aliphatic carbocycles. The number of furan rings is 1. The summed E-state index contributed by atoms with van der Waals surface area (Å²) in [7, 11) is 0. The van der Waals surface area contributed by atoms with Crippen molar-refractivity contribution in [1.82, 2.24) is 10.2 Å². The predicted molar refractivity (Wildman–Crippen MR) is 225 cm³/mol. The molecular weight excluding hydrogens is 715 g/mol. The number of piperidine rings is 1. The monoisotopic (exact) mass is 761 g/mol. The molecule has 1 aliphatic rings. The lowest BCUT2D eigenvalue weighted by molar-refractivity contribution is -0.117. The second kappa shape index (κ2) is 19.4. The van der Waals surface area contributed by atoms with E-state index in [-0.39, 0.29) is 17.9 Å². The van der Waals surface area contributed by atoms with Gasteiger partial charge in [0.15, 0.2) is 0 Å². The maximum absolute atomic E-state index is 14.4. The molecule has 1 saturated heterocycles. The molecule has 0 radical (unpaired) electrons. The summed E-state index contributed by atoms with van der Waals surface area (Å²) in [5, 5.41) is 9.04. The Morgan fingerprint density at radius 1 is 0.649 bits per heavy atom. The summed E-state index contributed by atoms with van der Waals surface area (Å²) in [6.07, 6.45) is 2.83. The largest absolute Gasteiger partial charge is 0.468 e. The van der Waals surface area contributed by atoms with Crippen LogP contribution in [0.4, 0.5) is 27.5 Å². The average Bonchev–Trinajstić information content (AvgIpc) is 3.77. The molecule has 10 heteroatoms. The van der Waals surface area contributed by atoms with Gasteiger partial charge in [0, 0.05) is 61.5 Å². The Morgan fingerprint density at radius 2 is 1.21 bits per heavy atom. The Labute approximate surface area is 333 Å². The maximum atomic E-state index is 14.4. The van der Waals surface area contributed by atoms with Crippen molar-refractivity contribution >= 4 is 40.7 Å². The molecule has 7 rings (SSSR count). The first-order valence-electron chi connectivity index (χ1n) is 19.4. The van der Waals surface area contributed by atoms with Crippen molar-refractivity contribution in [2.45, 2.75) is 38.3 Å². The summed E-state index contributed by atoms with van der Waals surface area (Å²) in [4.78, 5) is 43.8. The number of hydrogen-bond acceptors (Lipinski definition) is 7. The molecular formula is C47H47N5O5. The maximum Gasteiger partial charge on any atom is 0.419 e. The van der Waals surface area contributed by atoms with E-state index < -0.39 is 6.09 Å². The molecule has 3 amide bonds. The van der Waals surface area contributed by atoms with Crippen molar-refractivity contribution in [3.05, 3.63) is 158 Å². The van der Waals surface area contributed by atoms with Gasteiger partial charge < -0.3 is 30.0 Å². The van der Waals surface area contributed by atoms with E-state index in [0.717, 1.165) is 39.4 Å². The van der Waals surface area contributed by atoms with Crippen LogP contribution in [-0.2, 0) is 20.9 Å². The molecule has 0 atom stereocenters. The van der Waals surface area contributed by atoms with E-state index >= 15 is 0 Å². The highest BCUT2D eigenvalue weighted by molar-refractivity contribution is 6.04. The quantitative estimate of drug-likeness (QED) is 0.0893. The first-order chi connectivity index (χ1) is 28.0. The fourth-order valence-electron chi connectivity index (χ4n) is 7.04. The topological polar surface area (TPSA) is 116 Å². The number of benzene rings is 5. The summed E-state index contributed by atoms with van der Waals surface area (Å²) >= 11 is 0. The predicted octanol–water partition coefficient (Wildman–Crippen LogP) is 9.50. The zero-order valence-corrected chi connectivity index (χ0v) is 31.8. The van der Waals surface area contributed by atoms with Gasteiger partial charge in [0.05, 0.1) is 24.2 Å². The molecule has 1 fully saturated rings. The van der Waals surface area contributed by atoms with Crippen molar-refractivity contribution in [3.63, 3.8) is 0 Å². The Kier molecular flexibility index (Phi) is 13.2. The average molecular weight is 762 g/mol. The number of nitrogens with one attached hydrogen (secondary N) is 3. The van der Waals surface area contributed by atoms with E-state index in [2.05, 4.69) is 20.9 Å². The van der Waals surface area contributed by atoms with Crippen LogP contribution in [0.25, 0.3) is 22.3 Å². The van der Waals surface area contributed by atoms with Gasteiger partial charge in [-0.2, -0.15) is 0 Å². The molecule has 10 nitrogen and oxygen atoms in total. The van der Waals surface area contributed by atoms with Crippen LogP contribution in [0.2, 0.25) is 0 Å². The number of rotatable bonds is 15. The second-order valence-corrected chi connectivity index (χ2v) is 14.0. The van der Waals surface area contributed by atoms with Gasteiger partial charge in [-0.1, -0.05) is 103 Å². The third-order valence-electron chi connectivity index (χ3n) is 9.94. The van der Waals surface area contributed by atoms with Crippen LogP contribution in [0.1, 0.15) is 31.4 Å². The van der Waals surface area contributed by atoms with Crippen LogP contribution in [0.3, 0.4) is 0 Å². The van der Waals surface area contributed by atoms with Crippen LogP contribution in [0.5, 0.6) is 0 Å². The molecule has 6 aromatic rings. The van der Waals surface area contributed by atoms with Crippen molar-refractivity contribution in [2.24, 2.45) is 0 Å². The molecule has 5 aromatic carbocycles. The zero-order chi connectivity index (χ0) is 39.2. The molecule has 0 spiro atoms. The minimum absolute atomic E-state index is 0.112. The summed E-state index contributed by atoms with van der Waals surface area (Å²) in [6, 6.07) is 46.9. The third-order valence-corrected chi connectivity index (χ3v) is 9.94. The van der Waals surface area contributed by atoms with Crippen LogP contribution in [0.15, 0.2) is 156 Å². The van der Waals surface area contributed by atoms with Crippen molar-refractivity contribution in [1.29, 1.82) is 0 Å². The lowest BCUT2D eigenvalue weighted by Gasteiger charge is -2.33. The van der Waals surface area contributed by atoms with Crippen molar-refractivity contribution in [3.8, 4) is 22.3 Å². The van der Waals surface area contributed by atoms with Crippen molar-refractivity contribution in [2.75, 3.05) is 41.7 Å². The summed E-state index contributed by atoms with van der Waals surface area (Å²) in [6.45, 7) is 3.04. The molecule has 3 N–H and O–H groups in total. The summed E-state index contributed by atoms with van der Waals surface area (Å²) in [5.41, 5.74) is 6.56. The summed E-state index contributed by atoms with van der Waals surface area (Å²) < 4.78 is 11.6. The number of anilines is 4. The van der Waals surface area contributed by atoms with E-state index in [1.54, 1.807) is 35.4 Å². The van der Waals surface area contributed by atoms with Gasteiger partial charge >= 0.3 is 6.09 Å². The number of amides is 3. The molecule has 0 saturated carbocycles. The molecule has 1 aromatic heterocycles. The van der Waals surface area contributed by atoms with E-state index in [1.807, 2.05) is 121 Å². The number of nitrogens with zero attached hydrogens (tertiary/aromatic N) is 2. The van der Waals surface area contributed by atoms with Gasteiger partial charge in [0.1, 0.15) is 11.9 Å². The van der Waals surface area contributed by atoms with Crippen LogP contribution in [0, 0.1) is 0 Å². The van der Waals surface area contributed by atoms with E-state index in [1.165, 1.54) is 0 Å². The van der Waals surface area contributed by atoms with Crippen LogP contribution >= 0.6 is 0 Å². The number of likely N-dealkylation sites (tertiary alicyclic amines) is 1. The Balaban J connectivity index is 0.933. The highest BCUT2D eigenvalue weighted by atomic mass is 16.6. The van der Waals surface area contributed by atoms with Crippen LogP contribution in [-0.4, -0.2) is 55.1 Å². The van der Waals surface area contributed by atoms with Gasteiger partial charge in [-0.3, -0.25) is 9.59 Å². The molecule has 57 heavy (non-hydrogen) atoms. The first-order valence-corrected chi connectivity index (χ1v) is 19.4. The fourth-order valence-corrected chi connectivity index (χ4v) is 7.04. The fraction of sp³-hybridized carbons (Fsp3) is 0.213. The highest BCUT2D eigenvalue weighted by Gasteiger charge is 2.29. The Bertz CT molecular complexity index is 2140. The Hall–Kier alpha value is -6.49. The van der Waals surface area contributed by atoms with Gasteiger partial charge in [-0.05, 0) is 66.4 Å². The van der Waals surface area contributed by atoms with E-state index in [4.69, 9.17) is 9.15 Å². The minimum Gasteiger partial charge on any atom is -0.468 e. The lowest BCUT2D eigenvalue weighted by atomic mass is 10.00. The minimum atomic E-state index is -0.431. The molecule has 0 unspecified atom stereocenters. The molecule has 290 valence electrons. The van der Waals surface area contributed by atoms with Gasteiger partial charge in [-0.15, -0.1) is 0 Å². The number of ether oxygens (including phenoxy) is 1. The lowest BCUT2D eigenvalue weighted by Crippen LogP contribution is -2.41. The van der Waals surface area contributed by atoms with Gasteiger partial charge in [0.2, 0.25) is 11.8 Å². The number of carbonyl (C=O) groups is 3. The molecule has 2 heterocycles. The number of hydrogen-bond donors (Lipinski definition) is 3. The number of para-hydroxylation sites is 2. The van der Waals surface area contributed by atoms with E-state index in [0.29, 0.717) is 69.8 Å². The van der Waals surface area contributed by atoms with Crippen LogP contribution < -0.4 is 20.9 Å². The number of carbonyl (C=O) groups excluding carboxylic acids is 3. The smallest absolute Gasteiger partial charge is 0.419 e. The highest BCUT2D eigenvalue weighted by Crippen LogP contribution is 2.40. The van der Waals surface area contributed by atoms with Gasteiger partial charge in [0.25, 0.3) is 0 Å². The normalized spacial score (nSPS) is 13.1. The van der Waals surface area contributed by atoms with E-state index in [9.17, 15) is 14.4 Å². The third kappa shape index (κ3) is 10.6.